The normalized spacial score (nSPS) is 11.8. The van der Waals surface area contributed by atoms with Gasteiger partial charge in [-0.15, -0.1) is 11.3 Å². The average Bonchev–Trinajstić information content (AvgIpc) is 3.36. The number of ether oxygens (including phenoxy) is 3. The summed E-state index contributed by atoms with van der Waals surface area (Å²) in [6, 6.07) is 13.6. The number of thiophene rings is 1. The van der Waals surface area contributed by atoms with Gasteiger partial charge >= 0.3 is 0 Å². The van der Waals surface area contributed by atoms with E-state index >= 15 is 0 Å². The highest BCUT2D eigenvalue weighted by atomic mass is 32.1. The molecular formula is C28H27NO7S. The Kier molecular flexibility index (Phi) is 8.17. The molecule has 4 rings (SSSR count). The van der Waals surface area contributed by atoms with Gasteiger partial charge in [-0.25, -0.2) is 4.98 Å². The van der Waals surface area contributed by atoms with E-state index in [9.17, 15) is 14.7 Å². The third kappa shape index (κ3) is 5.48. The number of carbonyl (C=O) groups excluding carboxylic acids is 2. The van der Waals surface area contributed by atoms with Crippen molar-refractivity contribution in [1.29, 1.82) is 0 Å². The number of methoxy groups -OCH3 is 2. The molecule has 0 aliphatic heterocycles. The maximum absolute atomic E-state index is 13.1. The van der Waals surface area contributed by atoms with Gasteiger partial charge in [0.05, 0.1) is 20.8 Å². The monoisotopic (exact) mass is 521 g/mol. The van der Waals surface area contributed by atoms with E-state index in [1.54, 1.807) is 23.5 Å². The molecule has 0 aliphatic rings. The Balaban J connectivity index is 1.57. The zero-order valence-corrected chi connectivity index (χ0v) is 21.5. The van der Waals surface area contributed by atoms with Gasteiger partial charge in [-0.1, -0.05) is 18.2 Å². The zero-order chi connectivity index (χ0) is 26.5. The molecule has 1 unspecified atom stereocenters. The van der Waals surface area contributed by atoms with Crippen molar-refractivity contribution in [3.63, 3.8) is 0 Å². The van der Waals surface area contributed by atoms with Crippen molar-refractivity contribution >= 4 is 33.0 Å². The summed E-state index contributed by atoms with van der Waals surface area (Å²) in [4.78, 5) is 30.4. The molecule has 2 heterocycles. The zero-order valence-electron chi connectivity index (χ0n) is 20.7. The minimum Gasteiger partial charge on any atom is -0.494 e. The SMILES string of the molecule is COc1cc(C(=O)CC(O)C(=O)c2ccc(OC)c(-c3csc4c(C)cccc34)n2)ccc1OCCO. The number of hydrogen-bond donors (Lipinski definition) is 2. The Morgan fingerprint density at radius 1 is 1.03 bits per heavy atom. The molecule has 192 valence electrons. The van der Waals surface area contributed by atoms with Crippen LogP contribution in [0, 0.1) is 6.92 Å². The number of hydrogen-bond acceptors (Lipinski definition) is 9. The van der Waals surface area contributed by atoms with Crippen LogP contribution >= 0.6 is 11.3 Å². The van der Waals surface area contributed by atoms with Gasteiger partial charge in [0.15, 0.2) is 17.3 Å². The van der Waals surface area contributed by atoms with Crippen molar-refractivity contribution in [3.05, 3.63) is 70.7 Å². The molecule has 8 nitrogen and oxygen atoms in total. The average molecular weight is 522 g/mol. The summed E-state index contributed by atoms with van der Waals surface area (Å²) in [6.07, 6.45) is -2.01. The molecule has 2 aromatic carbocycles. The van der Waals surface area contributed by atoms with Crippen LogP contribution in [0.25, 0.3) is 21.3 Å². The number of pyridine rings is 1. The Hall–Kier alpha value is -3.79. The highest BCUT2D eigenvalue weighted by molar-refractivity contribution is 7.18. The first-order valence-corrected chi connectivity index (χ1v) is 12.4. The minimum atomic E-state index is -1.58. The number of rotatable bonds is 11. The fraction of sp³-hybridized carbons (Fsp3) is 0.250. The number of aliphatic hydroxyl groups excluding tert-OH is 2. The van der Waals surface area contributed by atoms with Gasteiger partial charge < -0.3 is 24.4 Å². The van der Waals surface area contributed by atoms with Crippen LogP contribution in [0.3, 0.4) is 0 Å². The largest absolute Gasteiger partial charge is 0.494 e. The standard InChI is InChI=1S/C28H27NO7S/c1-16-5-4-6-18-19(15-37-28(16)18)26-24(34-2)10-8-20(29-26)27(33)22(32)14-21(31)17-7-9-23(36-12-11-30)25(13-17)35-3/h4-10,13,15,22,30,32H,11-12,14H2,1-3H3. The molecule has 9 heteroatoms. The highest BCUT2D eigenvalue weighted by Gasteiger charge is 2.25. The van der Waals surface area contributed by atoms with E-state index < -0.39 is 24.1 Å². The first-order chi connectivity index (χ1) is 17.9. The number of carbonyl (C=O) groups is 2. The van der Waals surface area contributed by atoms with Crippen LogP contribution in [0.2, 0.25) is 0 Å². The van der Waals surface area contributed by atoms with E-state index in [0.29, 0.717) is 22.9 Å². The summed E-state index contributed by atoms with van der Waals surface area (Å²) >= 11 is 1.58. The van der Waals surface area contributed by atoms with Gasteiger partial charge in [-0.3, -0.25) is 9.59 Å². The number of nitrogens with zero attached hydrogens (tertiary/aromatic N) is 1. The van der Waals surface area contributed by atoms with Gasteiger partial charge in [0.25, 0.3) is 0 Å². The fourth-order valence-corrected chi connectivity index (χ4v) is 5.03. The van der Waals surface area contributed by atoms with E-state index in [2.05, 4.69) is 4.98 Å². The smallest absolute Gasteiger partial charge is 0.210 e. The molecule has 0 spiro atoms. The van der Waals surface area contributed by atoms with Crippen molar-refractivity contribution in [1.82, 2.24) is 4.98 Å². The van der Waals surface area contributed by atoms with Crippen LogP contribution in [0.15, 0.2) is 53.9 Å². The van der Waals surface area contributed by atoms with Crippen LogP contribution < -0.4 is 14.2 Å². The predicted molar refractivity (Wildman–Crippen MR) is 141 cm³/mol. The van der Waals surface area contributed by atoms with Gasteiger partial charge in [-0.05, 0) is 42.8 Å². The molecular weight excluding hydrogens is 494 g/mol. The van der Waals surface area contributed by atoms with Crippen molar-refractivity contribution in [3.8, 4) is 28.5 Å². The molecule has 2 aromatic heterocycles. The third-order valence-corrected chi connectivity index (χ3v) is 7.03. The van der Waals surface area contributed by atoms with Crippen molar-refractivity contribution in [2.24, 2.45) is 0 Å². The summed E-state index contributed by atoms with van der Waals surface area (Å²) in [6.45, 7) is 1.95. The summed E-state index contributed by atoms with van der Waals surface area (Å²) in [5.41, 5.74) is 2.75. The summed E-state index contributed by atoms with van der Waals surface area (Å²) in [5, 5.41) is 22.5. The van der Waals surface area contributed by atoms with E-state index in [4.69, 9.17) is 19.3 Å². The molecule has 1 atom stereocenters. The predicted octanol–water partition coefficient (Wildman–Crippen LogP) is 4.48. The second-order valence-corrected chi connectivity index (χ2v) is 9.17. The van der Waals surface area contributed by atoms with Crippen LogP contribution in [0.1, 0.15) is 32.8 Å². The third-order valence-electron chi connectivity index (χ3n) is 5.90. The summed E-state index contributed by atoms with van der Waals surface area (Å²) < 4.78 is 17.2. The Morgan fingerprint density at radius 3 is 2.51 bits per heavy atom. The van der Waals surface area contributed by atoms with Crippen molar-refractivity contribution in [2.45, 2.75) is 19.4 Å². The molecule has 0 saturated heterocycles. The number of benzene rings is 2. The number of Topliss-reactive ketones (excluding diaryl/α,β-unsaturated/α-hetero) is 2. The Morgan fingerprint density at radius 2 is 1.78 bits per heavy atom. The van der Waals surface area contributed by atoms with Crippen LogP contribution in [-0.2, 0) is 0 Å². The van der Waals surface area contributed by atoms with Crippen LogP contribution in [0.5, 0.6) is 17.2 Å². The Labute approximate surface area is 218 Å². The molecule has 37 heavy (non-hydrogen) atoms. The summed E-state index contributed by atoms with van der Waals surface area (Å²) in [7, 11) is 2.96. The molecule has 0 fully saturated rings. The number of aryl methyl sites for hydroxylation is 1. The number of aromatic nitrogens is 1. The van der Waals surface area contributed by atoms with E-state index in [0.717, 1.165) is 21.2 Å². The van der Waals surface area contributed by atoms with E-state index in [1.807, 2.05) is 30.5 Å². The molecule has 0 radical (unpaired) electrons. The lowest BCUT2D eigenvalue weighted by Crippen LogP contribution is -2.25. The molecule has 0 bridgehead atoms. The van der Waals surface area contributed by atoms with E-state index in [-0.39, 0.29) is 24.5 Å². The molecule has 0 saturated carbocycles. The number of ketones is 2. The lowest BCUT2D eigenvalue weighted by Gasteiger charge is -2.13. The van der Waals surface area contributed by atoms with Crippen LogP contribution in [0.4, 0.5) is 0 Å². The maximum atomic E-state index is 13.1. The minimum absolute atomic E-state index is 0.0356. The quantitative estimate of drug-likeness (QED) is 0.278. The lowest BCUT2D eigenvalue weighted by molar-refractivity contribution is 0.0676. The van der Waals surface area contributed by atoms with Gasteiger partial charge in [0.2, 0.25) is 5.78 Å². The fourth-order valence-electron chi connectivity index (χ4n) is 4.00. The molecule has 2 N–H and O–H groups in total. The second kappa shape index (κ2) is 11.5. The van der Waals surface area contributed by atoms with Gasteiger partial charge in [-0.2, -0.15) is 0 Å². The molecule has 0 amide bonds. The number of aliphatic hydroxyl groups is 2. The highest BCUT2D eigenvalue weighted by Crippen LogP contribution is 2.39. The maximum Gasteiger partial charge on any atom is 0.210 e. The first kappa shape index (κ1) is 26.3. The topological polar surface area (TPSA) is 115 Å². The first-order valence-electron chi connectivity index (χ1n) is 11.6. The van der Waals surface area contributed by atoms with E-state index in [1.165, 1.54) is 32.4 Å². The molecule has 0 aliphatic carbocycles. The van der Waals surface area contributed by atoms with Gasteiger partial charge in [0.1, 0.15) is 29.8 Å². The second-order valence-electron chi connectivity index (χ2n) is 8.29. The van der Waals surface area contributed by atoms with Crippen molar-refractivity contribution in [2.75, 3.05) is 27.4 Å². The Bertz CT molecular complexity index is 1450. The lowest BCUT2D eigenvalue weighted by atomic mass is 10.00. The van der Waals surface area contributed by atoms with Crippen molar-refractivity contribution < 1.29 is 34.0 Å². The van der Waals surface area contributed by atoms with Gasteiger partial charge in [0, 0.05) is 33.0 Å². The summed E-state index contributed by atoms with van der Waals surface area (Å²) in [5.74, 6) is 0.0679. The molecule has 4 aromatic rings. The number of fused-ring (bicyclic) bond motifs is 1. The van der Waals surface area contributed by atoms with Crippen LogP contribution in [-0.4, -0.2) is 60.3 Å².